The van der Waals surface area contributed by atoms with Crippen molar-refractivity contribution >= 4 is 0 Å². The van der Waals surface area contributed by atoms with Crippen LogP contribution in [0.15, 0.2) is 34.7 Å². The summed E-state index contributed by atoms with van der Waals surface area (Å²) in [5.41, 5.74) is 5.99. The molecule has 0 aliphatic carbocycles. The molecule has 5 heteroatoms. The highest BCUT2D eigenvalue weighted by Crippen LogP contribution is 2.29. The van der Waals surface area contributed by atoms with Crippen LogP contribution in [0.3, 0.4) is 0 Å². The maximum Gasteiger partial charge on any atom is 0.171 e. The van der Waals surface area contributed by atoms with Gasteiger partial charge < -0.3 is 14.9 Å². The fourth-order valence-corrected chi connectivity index (χ4v) is 1.88. The quantitative estimate of drug-likeness (QED) is 0.908. The molecule has 0 fully saturated rings. The SMILES string of the molecule is CCC(N)C(Oc1cc(F)ccc1F)c1ccc(C)o1. The molecule has 108 valence electrons. The zero-order valence-corrected chi connectivity index (χ0v) is 11.4. The molecule has 0 bridgehead atoms. The molecule has 2 aromatic rings. The van der Waals surface area contributed by atoms with E-state index in [-0.39, 0.29) is 11.8 Å². The lowest BCUT2D eigenvalue weighted by molar-refractivity contribution is 0.137. The number of ether oxygens (including phenoxy) is 1. The summed E-state index contributed by atoms with van der Waals surface area (Å²) in [5.74, 6) is -0.172. The highest BCUT2D eigenvalue weighted by molar-refractivity contribution is 5.26. The molecule has 0 aliphatic heterocycles. The second-order valence-corrected chi connectivity index (χ2v) is 4.63. The summed E-state index contributed by atoms with van der Waals surface area (Å²) in [5, 5.41) is 0. The van der Waals surface area contributed by atoms with Gasteiger partial charge in [0.15, 0.2) is 17.7 Å². The van der Waals surface area contributed by atoms with Gasteiger partial charge in [-0.15, -0.1) is 0 Å². The first kappa shape index (κ1) is 14.5. The van der Waals surface area contributed by atoms with E-state index < -0.39 is 17.7 Å². The number of furan rings is 1. The van der Waals surface area contributed by atoms with Crippen LogP contribution in [0.4, 0.5) is 8.78 Å². The summed E-state index contributed by atoms with van der Waals surface area (Å²) in [7, 11) is 0. The van der Waals surface area contributed by atoms with E-state index in [0.717, 1.165) is 18.2 Å². The van der Waals surface area contributed by atoms with Crippen molar-refractivity contribution in [3.05, 3.63) is 53.5 Å². The van der Waals surface area contributed by atoms with Gasteiger partial charge in [-0.05, 0) is 37.6 Å². The standard InChI is InChI=1S/C15H17F2NO2/c1-3-12(18)15(13-7-4-9(2)19-13)20-14-8-10(16)5-6-11(14)17/h4-8,12,15H,3,18H2,1-2H3. The highest BCUT2D eigenvalue weighted by Gasteiger charge is 2.25. The molecule has 0 amide bonds. The van der Waals surface area contributed by atoms with Crippen molar-refractivity contribution in [1.82, 2.24) is 0 Å². The molecule has 2 rings (SSSR count). The van der Waals surface area contributed by atoms with Crippen LogP contribution in [0.25, 0.3) is 0 Å². The van der Waals surface area contributed by atoms with E-state index in [9.17, 15) is 8.78 Å². The molecule has 0 saturated heterocycles. The number of nitrogens with two attached hydrogens (primary N) is 1. The molecule has 3 nitrogen and oxygen atoms in total. The number of hydrogen-bond donors (Lipinski definition) is 1. The Balaban J connectivity index is 2.30. The van der Waals surface area contributed by atoms with Gasteiger partial charge in [0.1, 0.15) is 17.3 Å². The smallest absolute Gasteiger partial charge is 0.171 e. The molecule has 1 heterocycles. The summed E-state index contributed by atoms with van der Waals surface area (Å²) in [6, 6.07) is 6.17. The fourth-order valence-electron chi connectivity index (χ4n) is 1.88. The highest BCUT2D eigenvalue weighted by atomic mass is 19.1. The van der Waals surface area contributed by atoms with E-state index in [1.165, 1.54) is 0 Å². The molecule has 2 unspecified atom stereocenters. The van der Waals surface area contributed by atoms with Crippen LogP contribution in [0.1, 0.15) is 31.0 Å². The molecule has 0 radical (unpaired) electrons. The molecule has 2 atom stereocenters. The number of halogens is 2. The minimum absolute atomic E-state index is 0.173. The number of aryl methyl sites for hydroxylation is 1. The average molecular weight is 281 g/mol. The second-order valence-electron chi connectivity index (χ2n) is 4.63. The first-order valence-corrected chi connectivity index (χ1v) is 6.45. The Morgan fingerprint density at radius 1 is 1.25 bits per heavy atom. The Kier molecular flexibility index (Phi) is 4.39. The summed E-state index contributed by atoms with van der Waals surface area (Å²) >= 11 is 0. The van der Waals surface area contributed by atoms with Gasteiger partial charge >= 0.3 is 0 Å². The van der Waals surface area contributed by atoms with Crippen molar-refractivity contribution in [2.24, 2.45) is 5.73 Å². The van der Waals surface area contributed by atoms with Crippen molar-refractivity contribution in [3.8, 4) is 5.75 Å². The predicted octanol–water partition coefficient (Wildman–Crippen LogP) is 3.72. The Bertz CT molecular complexity index is 583. The van der Waals surface area contributed by atoms with Crippen LogP contribution in [0.2, 0.25) is 0 Å². The van der Waals surface area contributed by atoms with Crippen molar-refractivity contribution in [2.45, 2.75) is 32.4 Å². The third kappa shape index (κ3) is 3.17. The van der Waals surface area contributed by atoms with E-state index in [1.54, 1.807) is 19.1 Å². The van der Waals surface area contributed by atoms with Crippen molar-refractivity contribution in [1.29, 1.82) is 0 Å². The minimum atomic E-state index is -0.662. The van der Waals surface area contributed by atoms with E-state index in [2.05, 4.69) is 0 Å². The van der Waals surface area contributed by atoms with Gasteiger partial charge in [0, 0.05) is 12.1 Å². The lowest BCUT2D eigenvalue weighted by Gasteiger charge is -2.22. The summed E-state index contributed by atoms with van der Waals surface area (Å²) < 4.78 is 37.9. The summed E-state index contributed by atoms with van der Waals surface area (Å²) in [6.45, 7) is 3.68. The molecule has 1 aromatic carbocycles. The Morgan fingerprint density at radius 3 is 2.60 bits per heavy atom. The second kappa shape index (κ2) is 6.05. The molecular formula is C15H17F2NO2. The van der Waals surface area contributed by atoms with E-state index in [1.807, 2.05) is 6.92 Å². The molecule has 0 aliphatic rings. The van der Waals surface area contributed by atoms with Crippen molar-refractivity contribution in [3.63, 3.8) is 0 Å². The maximum absolute atomic E-state index is 13.7. The van der Waals surface area contributed by atoms with Gasteiger partial charge in [-0.1, -0.05) is 6.92 Å². The number of benzene rings is 1. The Labute approximate surface area is 116 Å². The van der Waals surface area contributed by atoms with Crippen LogP contribution in [-0.2, 0) is 0 Å². The lowest BCUT2D eigenvalue weighted by atomic mass is 10.1. The zero-order valence-electron chi connectivity index (χ0n) is 11.4. The molecule has 20 heavy (non-hydrogen) atoms. The normalized spacial score (nSPS) is 14.1. The predicted molar refractivity (Wildman–Crippen MR) is 71.4 cm³/mol. The van der Waals surface area contributed by atoms with Gasteiger partial charge in [0.2, 0.25) is 0 Å². The molecule has 1 aromatic heterocycles. The third-order valence-corrected chi connectivity index (χ3v) is 3.05. The number of rotatable bonds is 5. The van der Waals surface area contributed by atoms with Gasteiger partial charge in [-0.2, -0.15) is 0 Å². The molecule has 2 N–H and O–H groups in total. The van der Waals surface area contributed by atoms with Gasteiger partial charge in [-0.3, -0.25) is 0 Å². The van der Waals surface area contributed by atoms with Crippen LogP contribution in [-0.4, -0.2) is 6.04 Å². The van der Waals surface area contributed by atoms with Crippen LogP contribution in [0, 0.1) is 18.6 Å². The third-order valence-electron chi connectivity index (χ3n) is 3.05. The minimum Gasteiger partial charge on any atom is -0.478 e. The summed E-state index contributed by atoms with van der Waals surface area (Å²) in [6.07, 6.45) is -0.0496. The Hall–Kier alpha value is -1.88. The molecular weight excluding hydrogens is 264 g/mol. The van der Waals surface area contributed by atoms with Gasteiger partial charge in [0.05, 0.1) is 0 Å². The van der Waals surface area contributed by atoms with Crippen LogP contribution in [0.5, 0.6) is 5.75 Å². The van der Waals surface area contributed by atoms with Crippen LogP contribution >= 0.6 is 0 Å². The zero-order chi connectivity index (χ0) is 14.7. The Morgan fingerprint density at radius 2 is 2.00 bits per heavy atom. The van der Waals surface area contributed by atoms with Gasteiger partial charge in [-0.25, -0.2) is 8.78 Å². The summed E-state index contributed by atoms with van der Waals surface area (Å²) in [4.78, 5) is 0. The largest absolute Gasteiger partial charge is 0.478 e. The monoisotopic (exact) mass is 281 g/mol. The fraction of sp³-hybridized carbons (Fsp3) is 0.333. The van der Waals surface area contributed by atoms with Crippen molar-refractivity contribution < 1.29 is 17.9 Å². The maximum atomic E-state index is 13.7. The average Bonchev–Trinajstić information content (AvgIpc) is 2.85. The number of hydrogen-bond acceptors (Lipinski definition) is 3. The first-order chi connectivity index (χ1) is 9.51. The molecule has 0 saturated carbocycles. The van der Waals surface area contributed by atoms with E-state index in [0.29, 0.717) is 17.9 Å². The van der Waals surface area contributed by atoms with Crippen molar-refractivity contribution in [2.75, 3.05) is 0 Å². The van der Waals surface area contributed by atoms with Crippen LogP contribution < -0.4 is 10.5 Å². The van der Waals surface area contributed by atoms with E-state index >= 15 is 0 Å². The first-order valence-electron chi connectivity index (χ1n) is 6.45. The molecule has 0 spiro atoms. The van der Waals surface area contributed by atoms with Gasteiger partial charge in [0.25, 0.3) is 0 Å². The topological polar surface area (TPSA) is 48.4 Å². The van der Waals surface area contributed by atoms with E-state index in [4.69, 9.17) is 14.9 Å². The lowest BCUT2D eigenvalue weighted by Crippen LogP contribution is -2.31.